The van der Waals surface area contributed by atoms with Crippen molar-refractivity contribution in [1.82, 2.24) is 24.5 Å². The molecule has 9 heteroatoms. The quantitative estimate of drug-likeness (QED) is 0.540. The van der Waals surface area contributed by atoms with Crippen molar-refractivity contribution in [2.45, 2.75) is 26.1 Å². The van der Waals surface area contributed by atoms with Crippen molar-refractivity contribution in [3.63, 3.8) is 0 Å². The lowest BCUT2D eigenvalue weighted by Crippen LogP contribution is -2.22. The molecule has 4 aromatic rings. The Morgan fingerprint density at radius 2 is 1.93 bits per heavy atom. The van der Waals surface area contributed by atoms with Crippen molar-refractivity contribution in [3.8, 4) is 5.75 Å². The van der Waals surface area contributed by atoms with Gasteiger partial charge in [0.05, 0.1) is 17.4 Å². The summed E-state index contributed by atoms with van der Waals surface area (Å²) in [5, 5.41) is 12.3. The molecule has 1 N–H and O–H groups in total. The maximum atomic E-state index is 12.5. The highest BCUT2D eigenvalue weighted by molar-refractivity contribution is 5.80. The van der Waals surface area contributed by atoms with Gasteiger partial charge in [-0.3, -0.25) is 13.8 Å². The van der Waals surface area contributed by atoms with Crippen LogP contribution in [0.1, 0.15) is 24.4 Å². The molecular formula is C20H19F2N5O2. The molecule has 1 atom stereocenters. The van der Waals surface area contributed by atoms with E-state index in [9.17, 15) is 13.6 Å². The number of nitrogens with one attached hydrogen (secondary N) is 1. The molecule has 0 saturated carbocycles. The van der Waals surface area contributed by atoms with Crippen LogP contribution in [-0.2, 0) is 13.6 Å². The van der Waals surface area contributed by atoms with E-state index in [1.165, 1.54) is 10.6 Å². The van der Waals surface area contributed by atoms with Gasteiger partial charge in [-0.1, -0.05) is 24.3 Å². The van der Waals surface area contributed by atoms with Gasteiger partial charge in [0.2, 0.25) is 5.78 Å². The van der Waals surface area contributed by atoms with Crippen molar-refractivity contribution in [1.29, 1.82) is 0 Å². The molecule has 0 saturated heterocycles. The number of halogens is 2. The van der Waals surface area contributed by atoms with E-state index in [2.05, 4.69) is 20.3 Å². The Hall–Kier alpha value is -3.33. The minimum Gasteiger partial charge on any atom is -0.435 e. The van der Waals surface area contributed by atoms with Gasteiger partial charge in [-0.15, -0.1) is 10.2 Å². The van der Waals surface area contributed by atoms with Gasteiger partial charge in [0.25, 0.3) is 5.56 Å². The van der Waals surface area contributed by atoms with E-state index in [1.54, 1.807) is 25.2 Å². The Morgan fingerprint density at radius 1 is 1.14 bits per heavy atom. The molecule has 0 aliphatic heterocycles. The second kappa shape index (κ2) is 7.59. The summed E-state index contributed by atoms with van der Waals surface area (Å²) >= 11 is 0. The Bertz CT molecular complexity index is 1230. The fourth-order valence-corrected chi connectivity index (χ4v) is 3.33. The largest absolute Gasteiger partial charge is 0.435 e. The van der Waals surface area contributed by atoms with E-state index in [0.717, 1.165) is 11.1 Å². The lowest BCUT2D eigenvalue weighted by atomic mass is 10.1. The van der Waals surface area contributed by atoms with Crippen LogP contribution in [0.3, 0.4) is 0 Å². The Morgan fingerprint density at radius 3 is 2.72 bits per heavy atom. The Balaban J connectivity index is 1.63. The molecule has 29 heavy (non-hydrogen) atoms. The fraction of sp³-hybridized carbons (Fsp3) is 0.250. The van der Waals surface area contributed by atoms with Crippen LogP contribution < -0.4 is 15.6 Å². The van der Waals surface area contributed by atoms with E-state index < -0.39 is 6.61 Å². The zero-order chi connectivity index (χ0) is 20.5. The van der Waals surface area contributed by atoms with Gasteiger partial charge in [-0.25, -0.2) is 0 Å². The predicted molar refractivity (Wildman–Crippen MR) is 104 cm³/mol. The van der Waals surface area contributed by atoms with E-state index >= 15 is 0 Å². The highest BCUT2D eigenvalue weighted by atomic mass is 19.3. The first-order chi connectivity index (χ1) is 14.0. The van der Waals surface area contributed by atoms with Gasteiger partial charge in [-0.05, 0) is 36.8 Å². The number of rotatable bonds is 6. The summed E-state index contributed by atoms with van der Waals surface area (Å²) in [6, 6.07) is 13.7. The number of aryl methyl sites for hydroxylation is 1. The number of nitrogens with zero attached hydrogens (tertiary/aromatic N) is 4. The van der Waals surface area contributed by atoms with Crippen molar-refractivity contribution in [2.24, 2.45) is 7.05 Å². The van der Waals surface area contributed by atoms with Crippen LogP contribution in [0.25, 0.3) is 16.7 Å². The number of hydrogen-bond donors (Lipinski definition) is 1. The molecule has 2 aromatic carbocycles. The van der Waals surface area contributed by atoms with Gasteiger partial charge in [0.15, 0.2) is 5.82 Å². The first kappa shape index (κ1) is 19.0. The molecule has 0 radical (unpaired) electrons. The van der Waals surface area contributed by atoms with Gasteiger partial charge < -0.3 is 10.1 Å². The number of ether oxygens (including phenoxy) is 1. The predicted octanol–water partition coefficient (Wildman–Crippen LogP) is 3.03. The molecule has 150 valence electrons. The molecule has 7 nitrogen and oxygen atoms in total. The number of para-hydroxylation sites is 1. The highest BCUT2D eigenvalue weighted by Crippen LogP contribution is 2.21. The third-order valence-electron chi connectivity index (χ3n) is 4.84. The van der Waals surface area contributed by atoms with E-state index in [-0.39, 0.29) is 17.4 Å². The molecule has 0 bridgehead atoms. The molecule has 0 aliphatic rings. The third kappa shape index (κ3) is 3.56. The summed E-state index contributed by atoms with van der Waals surface area (Å²) < 4.78 is 32.7. The van der Waals surface area contributed by atoms with Crippen molar-refractivity contribution in [2.75, 3.05) is 0 Å². The van der Waals surface area contributed by atoms with Crippen LogP contribution in [0, 0.1) is 0 Å². The number of alkyl halides is 2. The van der Waals surface area contributed by atoms with Crippen molar-refractivity contribution in [3.05, 3.63) is 70.3 Å². The molecular weight excluding hydrogens is 380 g/mol. The van der Waals surface area contributed by atoms with Gasteiger partial charge in [0, 0.05) is 13.1 Å². The van der Waals surface area contributed by atoms with Crippen LogP contribution in [-0.4, -0.2) is 25.8 Å². The maximum absolute atomic E-state index is 12.5. The minimum atomic E-state index is -2.87. The number of aromatic nitrogens is 4. The smallest absolute Gasteiger partial charge is 0.387 e. The monoisotopic (exact) mass is 399 g/mol. The first-order valence-electron chi connectivity index (χ1n) is 9.05. The summed E-state index contributed by atoms with van der Waals surface area (Å²) in [6.45, 7) is -0.584. The SMILES string of the molecule is CC(NCc1nnc2n(C)c(=O)c3ccccc3n12)c1cccc(OC(F)F)c1. The Kier molecular flexibility index (Phi) is 4.98. The topological polar surface area (TPSA) is 73.5 Å². The zero-order valence-electron chi connectivity index (χ0n) is 15.8. The second-order valence-corrected chi connectivity index (χ2v) is 6.69. The van der Waals surface area contributed by atoms with E-state index in [4.69, 9.17) is 0 Å². The van der Waals surface area contributed by atoms with Crippen LogP contribution in [0.15, 0.2) is 53.3 Å². The number of fused-ring (bicyclic) bond motifs is 3. The number of hydrogen-bond acceptors (Lipinski definition) is 5. The summed E-state index contributed by atoms with van der Waals surface area (Å²) in [5.74, 6) is 1.20. The van der Waals surface area contributed by atoms with E-state index in [1.807, 2.05) is 35.6 Å². The molecule has 0 amide bonds. The molecule has 0 aliphatic carbocycles. The normalized spacial score (nSPS) is 12.7. The lowest BCUT2D eigenvalue weighted by Gasteiger charge is -2.15. The average Bonchev–Trinajstić information content (AvgIpc) is 3.14. The van der Waals surface area contributed by atoms with Gasteiger partial charge in [-0.2, -0.15) is 8.78 Å². The van der Waals surface area contributed by atoms with Gasteiger partial charge >= 0.3 is 6.61 Å². The van der Waals surface area contributed by atoms with E-state index in [0.29, 0.717) is 23.5 Å². The lowest BCUT2D eigenvalue weighted by molar-refractivity contribution is -0.0499. The highest BCUT2D eigenvalue weighted by Gasteiger charge is 2.15. The van der Waals surface area contributed by atoms with Crippen molar-refractivity contribution < 1.29 is 13.5 Å². The van der Waals surface area contributed by atoms with Gasteiger partial charge in [0.1, 0.15) is 5.75 Å². The maximum Gasteiger partial charge on any atom is 0.387 e. The molecule has 1 unspecified atom stereocenters. The summed E-state index contributed by atoms with van der Waals surface area (Å²) in [5.41, 5.74) is 1.39. The molecule has 2 aromatic heterocycles. The summed E-state index contributed by atoms with van der Waals surface area (Å²) in [6.07, 6.45) is 0. The van der Waals surface area contributed by atoms with Crippen LogP contribution in [0.2, 0.25) is 0 Å². The zero-order valence-corrected chi connectivity index (χ0v) is 15.8. The standard InChI is InChI=1S/C20H19F2N5O2/c1-12(13-6-5-7-14(10-13)29-19(21)22)23-11-17-24-25-20-26(2)18(28)15-8-3-4-9-16(15)27(17)20/h3-10,12,19,23H,11H2,1-2H3. The molecule has 4 rings (SSSR count). The van der Waals surface area contributed by atoms with Crippen molar-refractivity contribution >= 4 is 16.7 Å². The summed E-state index contributed by atoms with van der Waals surface area (Å²) in [7, 11) is 1.66. The number of benzene rings is 2. The summed E-state index contributed by atoms with van der Waals surface area (Å²) in [4.78, 5) is 12.5. The third-order valence-corrected chi connectivity index (χ3v) is 4.84. The fourth-order valence-electron chi connectivity index (χ4n) is 3.33. The average molecular weight is 399 g/mol. The minimum absolute atomic E-state index is 0.111. The molecule has 0 spiro atoms. The van der Waals surface area contributed by atoms with Crippen LogP contribution in [0.5, 0.6) is 5.75 Å². The molecule has 0 fully saturated rings. The van der Waals surface area contributed by atoms with Crippen LogP contribution >= 0.6 is 0 Å². The second-order valence-electron chi connectivity index (χ2n) is 6.69. The van der Waals surface area contributed by atoms with Crippen LogP contribution in [0.4, 0.5) is 8.78 Å². The molecule has 2 heterocycles. The Labute approximate surface area is 164 Å². The first-order valence-corrected chi connectivity index (χ1v) is 9.05.